The molecule has 16 N–H and O–H groups in total. The number of hydrogen-bond donors (Lipinski definition) is 11. The summed E-state index contributed by atoms with van der Waals surface area (Å²) in [6.07, 6.45) is 34.5. The largest absolute Gasteiger partial charge is 0.490 e. The van der Waals surface area contributed by atoms with Crippen molar-refractivity contribution in [3.05, 3.63) is 0 Å². The van der Waals surface area contributed by atoms with Gasteiger partial charge in [0.1, 0.15) is 12.1 Å². The average molecular weight is 1330 g/mol. The van der Waals surface area contributed by atoms with Crippen LogP contribution < -0.4 is 49.9 Å². The van der Waals surface area contributed by atoms with Crippen LogP contribution in [-0.4, -0.2) is 138 Å². The van der Waals surface area contributed by atoms with E-state index >= 15 is 0 Å². The molecular weight excluding hydrogens is 1210 g/mol. The SMILES string of the molecule is CCCCCCCCCCCCCCCCCCCC(=O)NCCN(CCNC(=O)CCCCCCCCCCCCCCCCCCC)C(=O)CCC(=O)N[C@@H](CCCN=C(N)N)C(=O)N[C@@H](CCCN=C(N)N)C(N)=O.O=C(O)C(F)(F)F.O=C(O)C(F)(F)F. The number of aliphatic imine (C=N–C) groups is 2. The molecule has 538 valence electrons. The van der Waals surface area contributed by atoms with Gasteiger partial charge >= 0.3 is 24.3 Å². The molecule has 0 heterocycles. The van der Waals surface area contributed by atoms with E-state index in [1.165, 1.54) is 180 Å². The van der Waals surface area contributed by atoms with Crippen LogP contribution >= 0.6 is 0 Å². The van der Waals surface area contributed by atoms with Crippen LogP contribution in [-0.2, 0) is 38.4 Å². The minimum absolute atomic E-state index is 0.0679. The third-order valence-corrected chi connectivity index (χ3v) is 15.0. The minimum Gasteiger partial charge on any atom is -0.475 e. The first-order chi connectivity index (χ1) is 43.7. The first-order valence-electron chi connectivity index (χ1n) is 34.1. The smallest absolute Gasteiger partial charge is 0.475 e. The van der Waals surface area contributed by atoms with Crippen molar-refractivity contribution in [3.8, 4) is 0 Å². The first-order valence-corrected chi connectivity index (χ1v) is 34.1. The molecule has 0 aliphatic heterocycles. The van der Waals surface area contributed by atoms with Gasteiger partial charge in [0.05, 0.1) is 0 Å². The van der Waals surface area contributed by atoms with Crippen molar-refractivity contribution >= 4 is 59.3 Å². The normalized spacial score (nSPS) is 11.7. The fourth-order valence-electron chi connectivity index (χ4n) is 9.70. The lowest BCUT2D eigenvalue weighted by molar-refractivity contribution is -0.193. The number of aliphatic carboxylic acids is 2. The summed E-state index contributed by atoms with van der Waals surface area (Å²) >= 11 is 0. The molecule has 0 saturated carbocycles. The number of carbonyl (C=O) groups excluding carboxylic acids is 6. The number of carboxylic acid groups (broad SMARTS) is 2. The molecule has 0 aromatic heterocycles. The molecule has 0 rings (SSSR count). The Hall–Kier alpha value is -6.12. The highest BCUT2D eigenvalue weighted by molar-refractivity contribution is 5.92. The molecule has 92 heavy (non-hydrogen) atoms. The Morgan fingerprint density at radius 1 is 0.391 bits per heavy atom. The molecule has 0 aromatic rings. The monoisotopic (exact) mass is 1330 g/mol. The summed E-state index contributed by atoms with van der Waals surface area (Å²) in [6.45, 7) is 5.81. The molecule has 0 spiro atoms. The Kier molecular flexibility index (Phi) is 59.8. The van der Waals surface area contributed by atoms with Gasteiger partial charge in [-0.05, 0) is 38.5 Å². The van der Waals surface area contributed by atoms with Crippen molar-refractivity contribution < 1.29 is 74.9 Å². The standard InChI is InChI=1S/C60H118N12O6.2C2HF3O2/c1-3-5-7-9-11-13-15-17-19-21-23-25-27-29-31-33-35-41-53(73)66-47-49-72(50-48-67-54(74)42-36-34-32-30-28-26-24-22-20-18-16-14-12-10-8-6-4-2)56(76)44-43-55(75)70-52(40-38-46-69-60(64)65)58(78)71-51(57(61)77)39-37-45-68-59(62)63;2*3-2(4,5)1(6)7/h51-52H,3-50H2,1-2H3,(H2,61,77)(H,66,73)(H,67,74)(H,70,75)(H,71,78)(H4,62,63,68)(H4,64,65,69);2*(H,6,7)/t51-,52-;;/m0../s1. The molecule has 2 atom stereocenters. The van der Waals surface area contributed by atoms with Gasteiger partial charge in [0, 0.05) is 65.0 Å². The first kappa shape index (κ1) is 90.1. The summed E-state index contributed by atoms with van der Waals surface area (Å²) in [6, 6.07) is -2.13. The maximum Gasteiger partial charge on any atom is 0.490 e. The van der Waals surface area contributed by atoms with Crippen LogP contribution in [0.25, 0.3) is 0 Å². The van der Waals surface area contributed by atoms with E-state index in [0.717, 1.165) is 38.5 Å². The number of nitrogens with one attached hydrogen (secondary N) is 4. The number of nitrogens with two attached hydrogens (primary N) is 5. The van der Waals surface area contributed by atoms with Gasteiger partial charge in [0.25, 0.3) is 0 Å². The second-order valence-electron chi connectivity index (χ2n) is 23.5. The number of carbonyl (C=O) groups is 8. The Morgan fingerprint density at radius 3 is 0.946 bits per heavy atom. The Morgan fingerprint density at radius 2 is 0.674 bits per heavy atom. The number of halogens is 6. The number of guanidine groups is 2. The molecule has 6 amide bonds. The van der Waals surface area contributed by atoms with Crippen LogP contribution in [0.5, 0.6) is 0 Å². The van der Waals surface area contributed by atoms with Gasteiger partial charge in [-0.1, -0.05) is 219 Å². The van der Waals surface area contributed by atoms with E-state index in [-0.39, 0.29) is 94.6 Å². The van der Waals surface area contributed by atoms with Crippen molar-refractivity contribution in [2.24, 2.45) is 38.7 Å². The highest BCUT2D eigenvalue weighted by atomic mass is 19.4. The molecule has 0 aromatic carbocycles. The molecule has 0 saturated heterocycles. The number of rotatable bonds is 57. The zero-order valence-corrected chi connectivity index (χ0v) is 55.8. The quantitative estimate of drug-likeness (QED) is 0.0117. The highest BCUT2D eigenvalue weighted by Crippen LogP contribution is 2.18. The van der Waals surface area contributed by atoms with Gasteiger partial charge in [-0.3, -0.25) is 38.8 Å². The van der Waals surface area contributed by atoms with E-state index < -0.39 is 54.1 Å². The number of primary amides is 1. The van der Waals surface area contributed by atoms with Crippen LogP contribution in [0.1, 0.15) is 284 Å². The molecule has 0 bridgehead atoms. The Bertz CT molecular complexity index is 1920. The summed E-state index contributed by atoms with van der Waals surface area (Å²) in [5.74, 6) is -8.16. The van der Waals surface area contributed by atoms with Crippen molar-refractivity contribution in [2.75, 3.05) is 39.3 Å². The lowest BCUT2D eigenvalue weighted by Gasteiger charge is -2.24. The maximum absolute atomic E-state index is 13.7. The summed E-state index contributed by atoms with van der Waals surface area (Å²) in [4.78, 5) is 106. The highest BCUT2D eigenvalue weighted by Gasteiger charge is 2.39. The topological polar surface area (TPSA) is 383 Å². The van der Waals surface area contributed by atoms with E-state index in [4.69, 9.17) is 48.5 Å². The zero-order valence-electron chi connectivity index (χ0n) is 55.8. The fourth-order valence-corrected chi connectivity index (χ4v) is 9.70. The van der Waals surface area contributed by atoms with Gasteiger partial charge in [-0.25, -0.2) is 9.59 Å². The van der Waals surface area contributed by atoms with Crippen molar-refractivity contribution in [3.63, 3.8) is 0 Å². The number of unbranched alkanes of at least 4 members (excludes halogenated alkanes) is 32. The number of nitrogens with zero attached hydrogens (tertiary/aromatic N) is 3. The van der Waals surface area contributed by atoms with E-state index in [1.54, 1.807) is 4.90 Å². The third-order valence-electron chi connectivity index (χ3n) is 15.0. The minimum atomic E-state index is -5.08. The van der Waals surface area contributed by atoms with Gasteiger partial charge in [0.15, 0.2) is 11.9 Å². The van der Waals surface area contributed by atoms with Crippen molar-refractivity contribution in [1.29, 1.82) is 0 Å². The molecule has 0 aliphatic carbocycles. The second kappa shape index (κ2) is 61.1. The van der Waals surface area contributed by atoms with E-state index in [2.05, 4.69) is 45.1 Å². The summed E-state index contributed by atoms with van der Waals surface area (Å²) in [5, 5.41) is 25.5. The molecule has 0 aliphatic rings. The zero-order chi connectivity index (χ0) is 69.7. The van der Waals surface area contributed by atoms with E-state index in [1.807, 2.05) is 0 Å². The lowest BCUT2D eigenvalue weighted by atomic mass is 10.0. The molecule has 22 nitrogen and oxygen atoms in total. The summed E-state index contributed by atoms with van der Waals surface area (Å²) in [5.41, 5.74) is 27.3. The van der Waals surface area contributed by atoms with Crippen molar-refractivity contribution in [2.45, 2.75) is 308 Å². The summed E-state index contributed by atoms with van der Waals surface area (Å²) in [7, 11) is 0. The number of carboxylic acids is 2. The molecule has 0 radical (unpaired) electrons. The Balaban J connectivity index is -0.00000502. The number of hydrogen-bond acceptors (Lipinski definition) is 10. The van der Waals surface area contributed by atoms with E-state index in [9.17, 15) is 55.1 Å². The number of amides is 6. The van der Waals surface area contributed by atoms with Crippen LogP contribution in [0.2, 0.25) is 0 Å². The van der Waals surface area contributed by atoms with Crippen molar-refractivity contribution in [1.82, 2.24) is 26.2 Å². The molecule has 0 fully saturated rings. The maximum atomic E-state index is 13.7. The fraction of sp³-hybridized carbons (Fsp3) is 0.844. The predicted octanol–water partition coefficient (Wildman–Crippen LogP) is 10.7. The van der Waals surface area contributed by atoms with Gasteiger partial charge in [-0.2, -0.15) is 26.3 Å². The summed E-state index contributed by atoms with van der Waals surface area (Å²) < 4.78 is 63.5. The molecular formula is C64H120F6N12O10. The second-order valence-corrected chi connectivity index (χ2v) is 23.5. The molecule has 0 unspecified atom stereocenters. The Labute approximate surface area is 544 Å². The van der Waals surface area contributed by atoms with Crippen LogP contribution in [0.3, 0.4) is 0 Å². The van der Waals surface area contributed by atoms with Gasteiger partial charge in [0.2, 0.25) is 35.4 Å². The molecule has 28 heteroatoms. The van der Waals surface area contributed by atoms with Gasteiger partial charge in [-0.15, -0.1) is 0 Å². The third kappa shape index (κ3) is 64.0. The average Bonchev–Trinajstić information content (AvgIpc) is 1.22. The van der Waals surface area contributed by atoms with Crippen LogP contribution in [0, 0.1) is 0 Å². The van der Waals surface area contributed by atoms with Gasteiger partial charge < -0.3 is 65.0 Å². The van der Waals surface area contributed by atoms with Crippen LogP contribution in [0.15, 0.2) is 9.98 Å². The van der Waals surface area contributed by atoms with Crippen LogP contribution in [0.4, 0.5) is 26.3 Å². The van der Waals surface area contributed by atoms with E-state index in [0.29, 0.717) is 25.7 Å². The predicted molar refractivity (Wildman–Crippen MR) is 350 cm³/mol. The lowest BCUT2D eigenvalue weighted by Crippen LogP contribution is -2.53. The number of alkyl halides is 6.